The monoisotopic (exact) mass is 379 g/mol. The van der Waals surface area contributed by atoms with Crippen LogP contribution in [0.25, 0.3) is 0 Å². The molecule has 3 aromatic rings. The van der Waals surface area contributed by atoms with Crippen molar-refractivity contribution in [3.8, 4) is 5.75 Å². The van der Waals surface area contributed by atoms with Gasteiger partial charge in [-0.3, -0.25) is 4.79 Å². The summed E-state index contributed by atoms with van der Waals surface area (Å²) >= 11 is 1.67. The largest absolute Gasteiger partial charge is 0.494 e. The van der Waals surface area contributed by atoms with Crippen molar-refractivity contribution < 1.29 is 9.53 Å². The van der Waals surface area contributed by atoms with Crippen LogP contribution in [0.4, 0.5) is 5.69 Å². The minimum absolute atomic E-state index is 0.0840. The van der Waals surface area contributed by atoms with Gasteiger partial charge in [-0.1, -0.05) is 30.0 Å². The molecule has 0 bridgehead atoms. The third kappa shape index (κ3) is 4.52. The van der Waals surface area contributed by atoms with Crippen LogP contribution >= 0.6 is 11.8 Å². The summed E-state index contributed by atoms with van der Waals surface area (Å²) < 4.78 is 8.06. The van der Waals surface area contributed by atoms with E-state index in [9.17, 15) is 4.79 Å². The van der Waals surface area contributed by atoms with Crippen LogP contribution in [0.5, 0.6) is 5.75 Å². The molecule has 0 atom stereocenters. The van der Waals surface area contributed by atoms with Gasteiger partial charge in [0.2, 0.25) is 5.91 Å². The number of carbonyl (C=O) groups excluding carboxylic acids is 1. The van der Waals surface area contributed by atoms with Gasteiger partial charge in [-0.2, -0.15) is 0 Å². The fourth-order valence-electron chi connectivity index (χ4n) is 3.04. The lowest BCUT2D eigenvalue weighted by Crippen LogP contribution is -2.18. The van der Waals surface area contributed by atoms with Crippen molar-refractivity contribution in [3.63, 3.8) is 0 Å². The van der Waals surface area contributed by atoms with Gasteiger partial charge in [0.15, 0.2) is 5.16 Å². The summed E-state index contributed by atoms with van der Waals surface area (Å²) in [7, 11) is 0. The van der Waals surface area contributed by atoms with Gasteiger partial charge in [-0.25, -0.2) is 4.98 Å². The van der Waals surface area contributed by atoms with E-state index in [2.05, 4.69) is 27.0 Å². The molecule has 0 radical (unpaired) electrons. The van der Waals surface area contributed by atoms with Crippen molar-refractivity contribution in [2.45, 2.75) is 35.9 Å². The predicted molar refractivity (Wildman–Crippen MR) is 106 cm³/mol. The molecule has 1 aliphatic rings. The number of imidazole rings is 1. The van der Waals surface area contributed by atoms with Gasteiger partial charge in [-0.05, 0) is 48.7 Å². The number of hydrogen-bond acceptors (Lipinski definition) is 4. The van der Waals surface area contributed by atoms with Crippen LogP contribution in [0.1, 0.15) is 18.4 Å². The Kier molecular flexibility index (Phi) is 5.44. The molecule has 1 aliphatic heterocycles. The fourth-order valence-corrected chi connectivity index (χ4v) is 3.93. The number of rotatable bonds is 7. The number of ether oxygens (including phenoxy) is 1. The Morgan fingerprint density at radius 1 is 1.15 bits per heavy atom. The van der Waals surface area contributed by atoms with Gasteiger partial charge in [0.25, 0.3) is 0 Å². The highest BCUT2D eigenvalue weighted by Crippen LogP contribution is 2.27. The SMILES string of the molecule is O=C1CCc2cc(OCCCn3ccnc3Sc3ccccc3)ccc2N1. The normalized spacial score (nSPS) is 13.1. The smallest absolute Gasteiger partial charge is 0.224 e. The molecule has 27 heavy (non-hydrogen) atoms. The van der Waals surface area contributed by atoms with Crippen LogP contribution in [0.2, 0.25) is 0 Å². The average Bonchev–Trinajstić information content (AvgIpc) is 3.13. The quantitative estimate of drug-likeness (QED) is 0.619. The van der Waals surface area contributed by atoms with Crippen LogP contribution < -0.4 is 10.1 Å². The number of anilines is 1. The van der Waals surface area contributed by atoms with Crippen LogP contribution in [-0.2, 0) is 17.8 Å². The first kappa shape index (κ1) is 17.7. The van der Waals surface area contributed by atoms with Crippen LogP contribution in [0.3, 0.4) is 0 Å². The van der Waals surface area contributed by atoms with Gasteiger partial charge in [0.05, 0.1) is 6.61 Å². The van der Waals surface area contributed by atoms with Crippen molar-refractivity contribution in [2.24, 2.45) is 0 Å². The van der Waals surface area contributed by atoms with E-state index >= 15 is 0 Å². The minimum atomic E-state index is 0.0840. The Balaban J connectivity index is 1.29. The summed E-state index contributed by atoms with van der Waals surface area (Å²) in [6, 6.07) is 16.1. The maximum atomic E-state index is 11.4. The third-order valence-corrected chi connectivity index (χ3v) is 5.44. The van der Waals surface area contributed by atoms with E-state index in [1.54, 1.807) is 11.8 Å². The number of aryl methyl sites for hydroxylation is 2. The lowest BCUT2D eigenvalue weighted by molar-refractivity contribution is -0.116. The number of carbonyl (C=O) groups is 1. The number of nitrogens with one attached hydrogen (secondary N) is 1. The Bertz CT molecular complexity index is 924. The fraction of sp³-hybridized carbons (Fsp3) is 0.238. The summed E-state index contributed by atoms with van der Waals surface area (Å²) in [5, 5.41) is 3.88. The summed E-state index contributed by atoms with van der Waals surface area (Å²) in [4.78, 5) is 17.1. The highest BCUT2D eigenvalue weighted by molar-refractivity contribution is 7.99. The maximum absolute atomic E-state index is 11.4. The number of hydrogen-bond donors (Lipinski definition) is 1. The van der Waals surface area contributed by atoms with Crippen molar-refractivity contribution in [1.29, 1.82) is 0 Å². The third-order valence-electron chi connectivity index (χ3n) is 4.41. The zero-order valence-electron chi connectivity index (χ0n) is 14.9. The molecule has 0 aliphatic carbocycles. The van der Waals surface area contributed by atoms with Crippen LogP contribution in [-0.4, -0.2) is 22.1 Å². The van der Waals surface area contributed by atoms with E-state index in [1.807, 2.05) is 48.8 Å². The molecule has 5 nitrogen and oxygen atoms in total. The van der Waals surface area contributed by atoms with Crippen LogP contribution in [0.15, 0.2) is 71.0 Å². The van der Waals surface area contributed by atoms with E-state index in [4.69, 9.17) is 4.74 Å². The maximum Gasteiger partial charge on any atom is 0.224 e. The van der Waals surface area contributed by atoms with Gasteiger partial charge < -0.3 is 14.6 Å². The summed E-state index contributed by atoms with van der Waals surface area (Å²) in [5.41, 5.74) is 2.04. The summed E-state index contributed by atoms with van der Waals surface area (Å²) in [6.07, 6.45) is 6.05. The van der Waals surface area contributed by atoms with E-state index < -0.39 is 0 Å². The molecule has 6 heteroatoms. The van der Waals surface area contributed by atoms with E-state index in [1.165, 1.54) is 4.90 Å². The molecule has 0 spiro atoms. The number of fused-ring (bicyclic) bond motifs is 1. The Labute approximate surface area is 162 Å². The average molecular weight is 379 g/mol. The van der Waals surface area contributed by atoms with Crippen molar-refractivity contribution in [1.82, 2.24) is 9.55 Å². The number of aromatic nitrogens is 2. The topological polar surface area (TPSA) is 56.2 Å². The second-order valence-electron chi connectivity index (χ2n) is 6.39. The van der Waals surface area contributed by atoms with Gasteiger partial charge >= 0.3 is 0 Å². The molecule has 0 fully saturated rings. The highest BCUT2D eigenvalue weighted by atomic mass is 32.2. The molecule has 2 aromatic carbocycles. The molecule has 0 unspecified atom stereocenters. The molecule has 138 valence electrons. The zero-order valence-corrected chi connectivity index (χ0v) is 15.7. The summed E-state index contributed by atoms with van der Waals surface area (Å²) in [5.74, 6) is 0.940. The first-order chi connectivity index (χ1) is 13.3. The predicted octanol–water partition coefficient (Wildman–Crippen LogP) is 4.39. The lowest BCUT2D eigenvalue weighted by Gasteiger charge is -2.17. The minimum Gasteiger partial charge on any atom is -0.494 e. The van der Waals surface area contributed by atoms with Gasteiger partial charge in [0.1, 0.15) is 5.75 Å². The number of nitrogens with zero attached hydrogens (tertiary/aromatic N) is 2. The van der Waals surface area contributed by atoms with Gasteiger partial charge in [0, 0.05) is 35.9 Å². The highest BCUT2D eigenvalue weighted by Gasteiger charge is 2.15. The molecule has 1 N–H and O–H groups in total. The second-order valence-corrected chi connectivity index (χ2v) is 7.43. The molecule has 0 saturated carbocycles. The first-order valence-corrected chi connectivity index (χ1v) is 9.89. The molecular formula is C21H21N3O2S. The van der Waals surface area contributed by atoms with Gasteiger partial charge in [-0.15, -0.1) is 0 Å². The zero-order chi connectivity index (χ0) is 18.5. The molecular weight excluding hydrogens is 358 g/mol. The molecule has 4 rings (SSSR count). The molecule has 2 heterocycles. The summed E-state index contributed by atoms with van der Waals surface area (Å²) in [6.45, 7) is 1.49. The van der Waals surface area contributed by atoms with E-state index in [-0.39, 0.29) is 5.91 Å². The van der Waals surface area contributed by atoms with Crippen molar-refractivity contribution in [2.75, 3.05) is 11.9 Å². The van der Waals surface area contributed by atoms with Crippen molar-refractivity contribution >= 4 is 23.4 Å². The van der Waals surface area contributed by atoms with E-state index in [0.717, 1.165) is 41.5 Å². The van der Waals surface area contributed by atoms with E-state index in [0.29, 0.717) is 13.0 Å². The second kappa shape index (κ2) is 8.31. The molecule has 1 amide bonds. The Morgan fingerprint density at radius 3 is 2.93 bits per heavy atom. The number of amides is 1. The number of benzene rings is 2. The van der Waals surface area contributed by atoms with Crippen molar-refractivity contribution in [3.05, 3.63) is 66.5 Å². The first-order valence-electron chi connectivity index (χ1n) is 9.07. The lowest BCUT2D eigenvalue weighted by atomic mass is 10.0. The molecule has 0 saturated heterocycles. The Hall–Kier alpha value is -2.73. The Morgan fingerprint density at radius 2 is 2.04 bits per heavy atom. The van der Waals surface area contributed by atoms with Crippen LogP contribution in [0, 0.1) is 0 Å². The molecule has 1 aromatic heterocycles. The standard InChI is InChI=1S/C21H21N3O2S/c25-20-10-7-16-15-17(8-9-19(16)23-20)26-14-4-12-24-13-11-22-21(24)27-18-5-2-1-3-6-18/h1-3,5-6,8-9,11,13,15H,4,7,10,12,14H2,(H,23,25).